The van der Waals surface area contributed by atoms with E-state index in [1.807, 2.05) is 0 Å². The summed E-state index contributed by atoms with van der Waals surface area (Å²) in [4.78, 5) is 55.2. The van der Waals surface area contributed by atoms with Gasteiger partial charge in [0.05, 0.1) is 11.8 Å². The van der Waals surface area contributed by atoms with Gasteiger partial charge in [0, 0.05) is 25.8 Å². The molecule has 1 aliphatic heterocycles. The lowest BCUT2D eigenvalue weighted by Crippen LogP contribution is -2.57. The minimum absolute atomic E-state index is 0.00629. The first-order chi connectivity index (χ1) is 16.8. The van der Waals surface area contributed by atoms with Crippen LogP contribution in [0.25, 0.3) is 0 Å². The van der Waals surface area contributed by atoms with Gasteiger partial charge in [-0.25, -0.2) is 5.01 Å². The molecule has 5 rings (SSSR count). The van der Waals surface area contributed by atoms with E-state index in [2.05, 4.69) is 31.9 Å². The number of ketones is 1. The Labute approximate surface area is 225 Å². The van der Waals surface area contributed by atoms with Crippen LogP contribution in [0.15, 0.2) is 54.6 Å². The Hall–Kier alpha value is -2.03. The van der Waals surface area contributed by atoms with Crippen LogP contribution in [0.1, 0.15) is 40.5 Å². The van der Waals surface area contributed by atoms with Gasteiger partial charge < -0.3 is 0 Å². The molecule has 1 saturated heterocycles. The summed E-state index contributed by atoms with van der Waals surface area (Å²) in [7, 11) is 0. The Morgan fingerprint density at radius 3 is 2.00 bits per heavy atom. The van der Waals surface area contributed by atoms with Crippen LogP contribution in [0.4, 0.5) is 0 Å². The average molecular weight is 623 g/mol. The fraction of sp³-hybridized carbons (Fsp3) is 0.385. The van der Waals surface area contributed by atoms with Crippen LogP contribution in [0.5, 0.6) is 0 Å². The maximum absolute atomic E-state index is 13.9. The number of halogens is 3. The molecule has 3 aliphatic rings. The number of hydrazine groups is 1. The molecule has 2 aromatic rings. The molecule has 6 nitrogen and oxygen atoms in total. The van der Waals surface area contributed by atoms with Crippen molar-refractivity contribution >= 4 is 67.0 Å². The standard InChI is InChI=1S/C26H23Br2ClN2O4/c1-2-18(23(32)13-6-4-3-5-7-13)30(24(33)14-8-10-15(29)11-9-14)31-25(34)19-16-12-17(20(19)26(31)35)22(28)21(16)27/h3-11,16-22H,2,12H2,1H3/t16-,17-,18-,19-,20+,21-,22+/m1/s1. The van der Waals surface area contributed by atoms with Crippen molar-refractivity contribution in [2.75, 3.05) is 0 Å². The largest absolute Gasteiger partial charge is 0.292 e. The number of rotatable bonds is 6. The molecule has 3 amide bonds. The molecule has 2 aliphatic carbocycles. The minimum atomic E-state index is -1.02. The first-order valence-electron chi connectivity index (χ1n) is 11.6. The molecular formula is C26H23Br2ClN2O4. The van der Waals surface area contributed by atoms with Crippen molar-refractivity contribution in [3.05, 3.63) is 70.7 Å². The van der Waals surface area contributed by atoms with Gasteiger partial charge in [-0.15, -0.1) is 0 Å². The molecule has 2 aromatic carbocycles. The summed E-state index contributed by atoms with van der Waals surface area (Å²) in [5.74, 6) is -2.74. The molecule has 0 aromatic heterocycles. The Balaban J connectivity index is 1.58. The molecule has 2 bridgehead atoms. The van der Waals surface area contributed by atoms with E-state index in [1.54, 1.807) is 49.4 Å². The van der Waals surface area contributed by atoms with E-state index < -0.39 is 35.6 Å². The first-order valence-corrected chi connectivity index (χ1v) is 13.8. The second kappa shape index (κ2) is 9.45. The number of carbonyl (C=O) groups excluding carboxylic acids is 4. The van der Waals surface area contributed by atoms with E-state index in [9.17, 15) is 19.2 Å². The Morgan fingerprint density at radius 1 is 0.943 bits per heavy atom. The van der Waals surface area contributed by atoms with Crippen molar-refractivity contribution in [3.8, 4) is 0 Å². The van der Waals surface area contributed by atoms with E-state index >= 15 is 0 Å². The molecule has 35 heavy (non-hydrogen) atoms. The van der Waals surface area contributed by atoms with Crippen LogP contribution in [-0.2, 0) is 9.59 Å². The van der Waals surface area contributed by atoms with Gasteiger partial charge in [-0.3, -0.25) is 19.2 Å². The second-order valence-corrected chi connectivity index (χ2v) is 11.9. The van der Waals surface area contributed by atoms with Gasteiger partial charge in [0.15, 0.2) is 5.78 Å². The summed E-state index contributed by atoms with van der Waals surface area (Å²) in [5.41, 5.74) is 0.653. The van der Waals surface area contributed by atoms with Crippen molar-refractivity contribution in [1.82, 2.24) is 10.0 Å². The number of carbonyl (C=O) groups is 4. The zero-order valence-electron chi connectivity index (χ0n) is 18.8. The van der Waals surface area contributed by atoms with Crippen molar-refractivity contribution in [2.24, 2.45) is 23.7 Å². The molecule has 2 saturated carbocycles. The molecule has 182 valence electrons. The van der Waals surface area contributed by atoms with Crippen LogP contribution in [-0.4, -0.2) is 49.2 Å². The highest BCUT2D eigenvalue weighted by molar-refractivity contribution is 9.12. The third kappa shape index (κ3) is 3.89. The number of nitrogens with zero attached hydrogens (tertiary/aromatic N) is 2. The number of benzene rings is 2. The van der Waals surface area contributed by atoms with Crippen LogP contribution in [0.2, 0.25) is 5.02 Å². The van der Waals surface area contributed by atoms with E-state index in [1.165, 1.54) is 12.1 Å². The maximum Gasteiger partial charge on any atom is 0.273 e. The number of Topliss-reactive ketones (excluding diaryl/α,β-unsaturated/α-hetero) is 1. The van der Waals surface area contributed by atoms with Crippen LogP contribution in [0, 0.1) is 23.7 Å². The predicted molar refractivity (Wildman–Crippen MR) is 138 cm³/mol. The molecular weight excluding hydrogens is 600 g/mol. The smallest absolute Gasteiger partial charge is 0.273 e. The Bertz CT molecular complexity index is 1160. The van der Waals surface area contributed by atoms with Crippen molar-refractivity contribution in [2.45, 2.75) is 35.5 Å². The van der Waals surface area contributed by atoms with Gasteiger partial charge in [0.1, 0.15) is 6.04 Å². The van der Waals surface area contributed by atoms with Crippen molar-refractivity contribution < 1.29 is 19.2 Å². The first kappa shape index (κ1) is 24.7. The normalized spacial score (nSPS) is 29.9. The van der Waals surface area contributed by atoms with Gasteiger partial charge in [0.2, 0.25) is 0 Å². The molecule has 0 radical (unpaired) electrons. The van der Waals surface area contributed by atoms with Gasteiger partial charge in [-0.05, 0) is 48.9 Å². The zero-order valence-corrected chi connectivity index (χ0v) is 22.7. The molecule has 1 heterocycles. The number of fused-ring (bicyclic) bond motifs is 5. The average Bonchev–Trinajstić information content (AvgIpc) is 3.48. The van der Waals surface area contributed by atoms with Gasteiger partial charge in [-0.1, -0.05) is 80.7 Å². The summed E-state index contributed by atoms with van der Waals surface area (Å²) in [6, 6.07) is 13.8. The highest BCUT2D eigenvalue weighted by Crippen LogP contribution is 2.60. The van der Waals surface area contributed by atoms with Gasteiger partial charge in [0.25, 0.3) is 17.7 Å². The number of imide groups is 1. The van der Waals surface area contributed by atoms with Crippen molar-refractivity contribution in [3.63, 3.8) is 0 Å². The summed E-state index contributed by atoms with van der Waals surface area (Å²) < 4.78 is 0. The monoisotopic (exact) mass is 620 g/mol. The highest BCUT2D eigenvalue weighted by Gasteiger charge is 2.68. The summed E-state index contributed by atoms with van der Waals surface area (Å²) in [5, 5.41) is 2.53. The Kier molecular flexibility index (Phi) is 6.66. The number of alkyl halides is 2. The van der Waals surface area contributed by atoms with Crippen LogP contribution >= 0.6 is 43.5 Å². The highest BCUT2D eigenvalue weighted by atomic mass is 79.9. The zero-order chi connectivity index (χ0) is 25.0. The van der Waals surface area contributed by atoms with E-state index in [0.717, 1.165) is 16.4 Å². The van der Waals surface area contributed by atoms with Gasteiger partial charge in [-0.2, -0.15) is 5.01 Å². The summed E-state index contributed by atoms with van der Waals surface area (Å²) in [6.45, 7) is 1.77. The fourth-order valence-electron chi connectivity index (χ4n) is 5.91. The SMILES string of the molecule is CC[C@H](C(=O)c1ccccc1)N(C(=O)c1ccc(Cl)cc1)N1C(=O)[C@@H]2[C@H]3C[C@@H]([C@H](Br)[C@@H]3Br)[C@@H]2C1=O. The molecule has 9 heteroatoms. The predicted octanol–water partition coefficient (Wildman–Crippen LogP) is 5.14. The van der Waals surface area contributed by atoms with E-state index in [4.69, 9.17) is 11.6 Å². The number of hydrogen-bond donors (Lipinski definition) is 0. The number of hydrogen-bond acceptors (Lipinski definition) is 4. The fourth-order valence-corrected chi connectivity index (χ4v) is 7.91. The molecule has 0 N–H and O–H groups in total. The second-order valence-electron chi connectivity index (χ2n) is 9.30. The van der Waals surface area contributed by atoms with E-state index in [0.29, 0.717) is 10.6 Å². The molecule has 0 unspecified atom stereocenters. The van der Waals surface area contributed by atoms with Crippen LogP contribution in [0.3, 0.4) is 0 Å². The lowest BCUT2D eigenvalue weighted by Gasteiger charge is -2.36. The molecule has 7 atom stereocenters. The topological polar surface area (TPSA) is 74.8 Å². The third-order valence-corrected chi connectivity index (χ3v) is 11.0. The van der Waals surface area contributed by atoms with Crippen molar-refractivity contribution in [1.29, 1.82) is 0 Å². The molecule has 0 spiro atoms. The maximum atomic E-state index is 13.9. The minimum Gasteiger partial charge on any atom is -0.292 e. The van der Waals surface area contributed by atoms with E-state index in [-0.39, 0.29) is 39.3 Å². The lowest BCUT2D eigenvalue weighted by atomic mass is 9.81. The lowest BCUT2D eigenvalue weighted by molar-refractivity contribution is -0.157. The van der Waals surface area contributed by atoms with Crippen LogP contribution < -0.4 is 0 Å². The Morgan fingerprint density at radius 2 is 1.49 bits per heavy atom. The van der Waals surface area contributed by atoms with Gasteiger partial charge >= 0.3 is 0 Å². The summed E-state index contributed by atoms with van der Waals surface area (Å²) >= 11 is 13.4. The number of amides is 3. The molecule has 3 fully saturated rings. The third-order valence-electron chi connectivity index (χ3n) is 7.52. The summed E-state index contributed by atoms with van der Waals surface area (Å²) in [6.07, 6.45) is 1.01. The quantitative estimate of drug-likeness (QED) is 0.254.